The van der Waals surface area contributed by atoms with Crippen molar-refractivity contribution in [2.75, 3.05) is 23.4 Å². The highest BCUT2D eigenvalue weighted by atomic mass is 32.2. The molecule has 4 unspecified atom stereocenters. The normalized spacial score (nSPS) is 20.4. The SMILES string of the molecule is Nc1nc2c(nc(SCC(=O)Nc3ccccc3)n2CC(O)C2OPOCC2O)c(=O)[nH]1. The van der Waals surface area contributed by atoms with Gasteiger partial charge >= 0.3 is 0 Å². The van der Waals surface area contributed by atoms with Crippen LogP contribution in [0.2, 0.25) is 0 Å². The van der Waals surface area contributed by atoms with Gasteiger partial charge in [0.15, 0.2) is 25.4 Å². The lowest BCUT2D eigenvalue weighted by Crippen LogP contribution is -2.44. The highest BCUT2D eigenvalue weighted by molar-refractivity contribution is 7.99. The van der Waals surface area contributed by atoms with Crippen molar-refractivity contribution in [3.8, 4) is 0 Å². The van der Waals surface area contributed by atoms with Gasteiger partial charge in [0, 0.05) is 5.69 Å². The lowest BCUT2D eigenvalue weighted by atomic mass is 10.1. The molecule has 2 aromatic heterocycles. The Labute approximate surface area is 187 Å². The second-order valence-electron chi connectivity index (χ2n) is 6.94. The summed E-state index contributed by atoms with van der Waals surface area (Å²) in [4.78, 5) is 35.5. The molecule has 1 saturated heterocycles. The molecular formula is C18H21N6O6PS. The van der Waals surface area contributed by atoms with Gasteiger partial charge in [0.2, 0.25) is 11.9 Å². The molecule has 3 aromatic rings. The lowest BCUT2D eigenvalue weighted by Gasteiger charge is -2.31. The first-order valence-electron chi connectivity index (χ1n) is 9.54. The summed E-state index contributed by atoms with van der Waals surface area (Å²) in [5.74, 6) is -0.383. The summed E-state index contributed by atoms with van der Waals surface area (Å²) in [6, 6.07) is 8.98. The fourth-order valence-corrected chi connectivity index (χ4v) is 4.68. The van der Waals surface area contributed by atoms with E-state index in [1.54, 1.807) is 24.3 Å². The fraction of sp³-hybridized carbons (Fsp3) is 0.333. The van der Waals surface area contributed by atoms with Crippen molar-refractivity contribution in [1.82, 2.24) is 19.5 Å². The number of rotatable bonds is 7. The van der Waals surface area contributed by atoms with Crippen molar-refractivity contribution in [3.63, 3.8) is 0 Å². The van der Waals surface area contributed by atoms with Gasteiger partial charge in [0.05, 0.1) is 18.9 Å². The number of fused-ring (bicyclic) bond motifs is 1. The average molecular weight is 480 g/mol. The summed E-state index contributed by atoms with van der Waals surface area (Å²) >= 11 is 1.07. The monoisotopic (exact) mass is 480 g/mol. The number of carbonyl (C=O) groups is 1. The zero-order valence-electron chi connectivity index (χ0n) is 16.6. The predicted molar refractivity (Wildman–Crippen MR) is 120 cm³/mol. The molecule has 0 spiro atoms. The van der Waals surface area contributed by atoms with Crippen LogP contribution >= 0.6 is 20.8 Å². The molecule has 12 nitrogen and oxygen atoms in total. The number of aliphatic hydroxyl groups excluding tert-OH is 2. The van der Waals surface area contributed by atoms with Crippen LogP contribution in [0.15, 0.2) is 40.3 Å². The molecule has 1 aliphatic heterocycles. The zero-order chi connectivity index (χ0) is 22.7. The molecule has 1 amide bonds. The molecule has 0 aliphatic carbocycles. The topological polar surface area (TPSA) is 178 Å². The average Bonchev–Trinajstić information content (AvgIpc) is 3.11. The number of aliphatic hydroxyl groups is 2. The van der Waals surface area contributed by atoms with E-state index in [9.17, 15) is 19.8 Å². The Morgan fingerprint density at radius 3 is 2.94 bits per heavy atom. The summed E-state index contributed by atoms with van der Waals surface area (Å²) in [6.07, 6.45) is -3.06. The van der Waals surface area contributed by atoms with E-state index >= 15 is 0 Å². The first kappa shape index (κ1) is 22.6. The van der Waals surface area contributed by atoms with Gasteiger partial charge in [-0.2, -0.15) is 4.98 Å². The van der Waals surface area contributed by atoms with Crippen molar-refractivity contribution < 1.29 is 24.1 Å². The maximum atomic E-state index is 12.4. The van der Waals surface area contributed by atoms with Gasteiger partial charge in [-0.3, -0.25) is 14.6 Å². The number of benzene rings is 1. The van der Waals surface area contributed by atoms with Crippen molar-refractivity contribution in [2.24, 2.45) is 0 Å². The van der Waals surface area contributed by atoms with Gasteiger partial charge in [-0.15, -0.1) is 0 Å². The summed E-state index contributed by atoms with van der Waals surface area (Å²) < 4.78 is 11.9. The summed E-state index contributed by atoms with van der Waals surface area (Å²) in [5.41, 5.74) is 5.97. The van der Waals surface area contributed by atoms with Crippen LogP contribution in [0, 0.1) is 0 Å². The van der Waals surface area contributed by atoms with Crippen LogP contribution in [0.1, 0.15) is 0 Å². The van der Waals surface area contributed by atoms with E-state index in [0.717, 1.165) is 11.8 Å². The molecule has 32 heavy (non-hydrogen) atoms. The molecule has 1 aliphatic rings. The summed E-state index contributed by atoms with van der Waals surface area (Å²) in [5, 5.41) is 23.8. The number of anilines is 2. The zero-order valence-corrected chi connectivity index (χ0v) is 18.4. The van der Waals surface area contributed by atoms with Crippen LogP contribution in [0.3, 0.4) is 0 Å². The number of para-hydroxylation sites is 1. The van der Waals surface area contributed by atoms with E-state index in [1.807, 2.05) is 6.07 Å². The van der Waals surface area contributed by atoms with E-state index < -0.39 is 23.9 Å². The number of hydrogen-bond acceptors (Lipinski definition) is 10. The first-order valence-corrected chi connectivity index (χ1v) is 11.3. The van der Waals surface area contributed by atoms with Crippen LogP contribution in [0.25, 0.3) is 11.2 Å². The maximum Gasteiger partial charge on any atom is 0.280 e. The Bertz CT molecular complexity index is 1160. The standard InChI is InChI=1S/C18H21N6O6PS/c19-17-22-15-13(16(28)23-17)21-18(32-8-12(27)20-9-4-2-1-3-5-9)24(15)6-10(25)14-11(26)7-29-31-30-14/h1-5,10-11,14,25-26,31H,6-8H2,(H,20,27)(H3,19,22,23,28). The quantitative estimate of drug-likeness (QED) is 0.230. The second kappa shape index (κ2) is 9.94. The molecule has 4 atom stereocenters. The van der Waals surface area contributed by atoms with Crippen molar-refractivity contribution >= 4 is 49.5 Å². The molecule has 6 N–H and O–H groups in total. The molecule has 3 heterocycles. The molecule has 0 bridgehead atoms. The summed E-state index contributed by atoms with van der Waals surface area (Å²) in [6.45, 7) is -0.0573. The number of nitrogens with zero attached hydrogens (tertiary/aromatic N) is 3. The van der Waals surface area contributed by atoms with Crippen molar-refractivity contribution in [1.29, 1.82) is 0 Å². The lowest BCUT2D eigenvalue weighted by molar-refractivity contribution is -0.113. The smallest absolute Gasteiger partial charge is 0.280 e. The highest BCUT2D eigenvalue weighted by Gasteiger charge is 2.33. The molecule has 14 heteroatoms. The third kappa shape index (κ3) is 5.09. The maximum absolute atomic E-state index is 12.4. The molecule has 170 valence electrons. The largest absolute Gasteiger partial charge is 0.388 e. The number of nitrogen functional groups attached to an aromatic ring is 1. The van der Waals surface area contributed by atoms with Crippen LogP contribution in [0.4, 0.5) is 11.6 Å². The number of amides is 1. The fourth-order valence-electron chi connectivity index (χ4n) is 3.14. The molecule has 1 aromatic carbocycles. The molecule has 0 radical (unpaired) electrons. The van der Waals surface area contributed by atoms with E-state index in [4.69, 9.17) is 14.8 Å². The Balaban J connectivity index is 1.57. The molecular weight excluding hydrogens is 459 g/mol. The van der Waals surface area contributed by atoms with Crippen molar-refractivity contribution in [3.05, 3.63) is 40.7 Å². The minimum Gasteiger partial charge on any atom is -0.388 e. The van der Waals surface area contributed by atoms with Crippen LogP contribution in [-0.4, -0.2) is 66.3 Å². The van der Waals surface area contributed by atoms with Gasteiger partial charge in [-0.1, -0.05) is 30.0 Å². The summed E-state index contributed by atoms with van der Waals surface area (Å²) in [7, 11) is -0.307. The number of nitrogens with one attached hydrogen (secondary N) is 2. The van der Waals surface area contributed by atoms with E-state index in [2.05, 4.69) is 20.3 Å². The minimum absolute atomic E-state index is 0.000521. The first-order chi connectivity index (χ1) is 15.4. The third-order valence-corrected chi connectivity index (χ3v) is 6.23. The van der Waals surface area contributed by atoms with E-state index in [1.165, 1.54) is 4.57 Å². The number of hydrogen-bond donors (Lipinski definition) is 5. The van der Waals surface area contributed by atoms with Gasteiger partial charge in [-0.25, -0.2) is 4.98 Å². The number of carbonyl (C=O) groups excluding carboxylic acids is 1. The number of imidazole rings is 1. The number of nitrogens with two attached hydrogens (primary N) is 1. The molecule has 1 fully saturated rings. The van der Waals surface area contributed by atoms with E-state index in [0.29, 0.717) is 5.69 Å². The van der Waals surface area contributed by atoms with Gasteiger partial charge < -0.3 is 34.9 Å². The number of aromatic amines is 1. The molecule has 4 rings (SSSR count). The van der Waals surface area contributed by atoms with Crippen LogP contribution < -0.4 is 16.6 Å². The molecule has 0 saturated carbocycles. The van der Waals surface area contributed by atoms with Gasteiger partial charge in [0.1, 0.15) is 18.3 Å². The Morgan fingerprint density at radius 1 is 1.41 bits per heavy atom. The number of H-pyrrole nitrogens is 1. The Hall–Kier alpha value is -2.54. The van der Waals surface area contributed by atoms with Gasteiger partial charge in [0.25, 0.3) is 5.56 Å². The van der Waals surface area contributed by atoms with Crippen LogP contribution in [-0.2, 0) is 20.4 Å². The predicted octanol–water partition coefficient (Wildman–Crippen LogP) is 0.0783. The van der Waals surface area contributed by atoms with Crippen LogP contribution in [0.5, 0.6) is 0 Å². The van der Waals surface area contributed by atoms with Crippen molar-refractivity contribution in [2.45, 2.75) is 30.0 Å². The Kier molecular flexibility index (Phi) is 7.04. The number of thioether (sulfide) groups is 1. The second-order valence-corrected chi connectivity index (χ2v) is 8.58. The Morgan fingerprint density at radius 2 is 2.19 bits per heavy atom. The number of aromatic nitrogens is 4. The minimum atomic E-state index is -1.15. The van der Waals surface area contributed by atoms with Gasteiger partial charge in [-0.05, 0) is 12.1 Å². The van der Waals surface area contributed by atoms with E-state index in [-0.39, 0.29) is 56.1 Å². The highest BCUT2D eigenvalue weighted by Crippen LogP contribution is 2.29. The third-order valence-electron chi connectivity index (χ3n) is 4.60.